The van der Waals surface area contributed by atoms with Gasteiger partial charge in [-0.2, -0.15) is 15.6 Å². The fourth-order valence-corrected chi connectivity index (χ4v) is 6.43. The van der Waals surface area contributed by atoms with Crippen molar-refractivity contribution in [1.29, 1.82) is 0 Å². The molecule has 4 rings (SSSR count). The van der Waals surface area contributed by atoms with Crippen LogP contribution in [0.1, 0.15) is 5.69 Å². The van der Waals surface area contributed by atoms with E-state index in [2.05, 4.69) is 4.98 Å². The van der Waals surface area contributed by atoms with E-state index in [-0.39, 0.29) is 43.4 Å². The Labute approximate surface area is 186 Å². The van der Waals surface area contributed by atoms with Gasteiger partial charge in [-0.05, 0) is 17.5 Å². The number of piperazine rings is 1. The highest BCUT2D eigenvalue weighted by molar-refractivity contribution is 7.89. The van der Waals surface area contributed by atoms with Crippen molar-refractivity contribution < 1.29 is 18.1 Å². The van der Waals surface area contributed by atoms with E-state index in [1.54, 1.807) is 16.2 Å². The van der Waals surface area contributed by atoms with Crippen LogP contribution in [0.3, 0.4) is 0 Å². The Hall–Kier alpha value is -2.67. The first-order chi connectivity index (χ1) is 14.9. The van der Waals surface area contributed by atoms with Gasteiger partial charge in [0, 0.05) is 48.6 Å². The number of nitrogens with zero attached hydrogens (tertiary/aromatic N) is 4. The number of aromatic nitrogens is 1. The molecule has 1 aliphatic rings. The first-order valence-corrected chi connectivity index (χ1v) is 12.6. The van der Waals surface area contributed by atoms with E-state index < -0.39 is 20.6 Å². The second-order valence-electron chi connectivity index (χ2n) is 6.84. The zero-order chi connectivity index (χ0) is 22.0. The van der Waals surface area contributed by atoms with E-state index in [4.69, 9.17) is 0 Å². The van der Waals surface area contributed by atoms with Crippen LogP contribution in [0.2, 0.25) is 0 Å². The molecular weight excluding hydrogens is 460 g/mol. The Kier molecular flexibility index (Phi) is 6.14. The third-order valence-corrected chi connectivity index (χ3v) is 8.49. The third kappa shape index (κ3) is 4.51. The fraction of sp³-hybridized carbons (Fsp3) is 0.263. The number of thiophene rings is 1. The molecule has 0 N–H and O–H groups in total. The van der Waals surface area contributed by atoms with Crippen LogP contribution < -0.4 is 0 Å². The van der Waals surface area contributed by atoms with E-state index in [1.165, 1.54) is 39.9 Å². The van der Waals surface area contributed by atoms with Gasteiger partial charge in [-0.1, -0.05) is 12.1 Å². The SMILES string of the molecule is O=C(Cc1csc(-c2ccsc2)n1)N1CCN(S(=O)(=O)c2ccccc2[N+](=O)[O-])CC1. The number of nitro groups is 1. The second kappa shape index (κ2) is 8.83. The number of para-hydroxylation sites is 1. The Bertz CT molecular complexity index is 1200. The molecule has 162 valence electrons. The maximum absolute atomic E-state index is 12.9. The number of hydrogen-bond acceptors (Lipinski definition) is 8. The summed E-state index contributed by atoms with van der Waals surface area (Å²) in [5.41, 5.74) is 1.26. The zero-order valence-corrected chi connectivity index (χ0v) is 18.7. The highest BCUT2D eigenvalue weighted by Crippen LogP contribution is 2.28. The van der Waals surface area contributed by atoms with Crippen molar-refractivity contribution in [2.75, 3.05) is 26.2 Å². The molecule has 9 nitrogen and oxygen atoms in total. The lowest BCUT2D eigenvalue weighted by molar-refractivity contribution is -0.387. The average molecular weight is 479 g/mol. The van der Waals surface area contributed by atoms with Crippen molar-refractivity contribution in [3.05, 3.63) is 62.3 Å². The van der Waals surface area contributed by atoms with Crippen molar-refractivity contribution in [1.82, 2.24) is 14.2 Å². The molecule has 0 bridgehead atoms. The minimum absolute atomic E-state index is 0.0807. The van der Waals surface area contributed by atoms with Gasteiger partial charge in [0.25, 0.3) is 5.69 Å². The predicted octanol–water partition coefficient (Wildman–Crippen LogP) is 2.86. The number of sulfonamides is 1. The molecule has 0 radical (unpaired) electrons. The quantitative estimate of drug-likeness (QED) is 0.398. The van der Waals surface area contributed by atoms with E-state index in [1.807, 2.05) is 22.2 Å². The highest BCUT2D eigenvalue weighted by atomic mass is 32.2. The number of rotatable bonds is 6. The van der Waals surface area contributed by atoms with Crippen molar-refractivity contribution in [2.24, 2.45) is 0 Å². The topological polar surface area (TPSA) is 114 Å². The van der Waals surface area contributed by atoms with Crippen LogP contribution in [0.4, 0.5) is 5.69 Å². The van der Waals surface area contributed by atoms with Crippen molar-refractivity contribution in [3.8, 4) is 10.6 Å². The number of thiazole rings is 1. The monoisotopic (exact) mass is 478 g/mol. The van der Waals surface area contributed by atoms with Gasteiger partial charge in [0.15, 0.2) is 4.90 Å². The minimum Gasteiger partial charge on any atom is -0.340 e. The van der Waals surface area contributed by atoms with E-state index in [0.29, 0.717) is 5.69 Å². The summed E-state index contributed by atoms with van der Waals surface area (Å²) in [7, 11) is -4.02. The molecule has 3 aromatic rings. The number of amides is 1. The van der Waals surface area contributed by atoms with Gasteiger partial charge in [0.2, 0.25) is 15.9 Å². The number of benzene rings is 1. The van der Waals surface area contributed by atoms with E-state index in [0.717, 1.165) is 10.6 Å². The predicted molar refractivity (Wildman–Crippen MR) is 118 cm³/mol. The van der Waals surface area contributed by atoms with Crippen molar-refractivity contribution in [3.63, 3.8) is 0 Å². The molecule has 2 aromatic heterocycles. The maximum Gasteiger partial charge on any atom is 0.289 e. The lowest BCUT2D eigenvalue weighted by atomic mass is 10.2. The second-order valence-corrected chi connectivity index (χ2v) is 10.4. The lowest BCUT2D eigenvalue weighted by Gasteiger charge is -2.33. The van der Waals surface area contributed by atoms with Gasteiger partial charge < -0.3 is 4.90 Å². The summed E-state index contributed by atoms with van der Waals surface area (Å²) in [6.07, 6.45) is 0.150. The maximum atomic E-state index is 12.9. The Balaban J connectivity index is 1.39. The molecule has 0 aliphatic carbocycles. The zero-order valence-electron chi connectivity index (χ0n) is 16.2. The van der Waals surface area contributed by atoms with Gasteiger partial charge in [-0.25, -0.2) is 13.4 Å². The number of hydrogen-bond donors (Lipinski definition) is 0. The largest absolute Gasteiger partial charge is 0.340 e. The standard InChI is InChI=1S/C19H18N4O5S3/c24-18(11-15-13-30-19(20-15)14-5-10-29-12-14)21-6-8-22(9-7-21)31(27,28)17-4-2-1-3-16(17)23(25)26/h1-5,10,12-13H,6-9,11H2. The summed E-state index contributed by atoms with van der Waals surface area (Å²) in [5, 5.41) is 17.9. The van der Waals surface area contributed by atoms with Crippen LogP contribution in [-0.4, -0.2) is 59.6 Å². The Morgan fingerprint density at radius 3 is 2.55 bits per heavy atom. The summed E-state index contributed by atoms with van der Waals surface area (Å²) in [6.45, 7) is 0.606. The summed E-state index contributed by atoms with van der Waals surface area (Å²) in [5.74, 6) is -0.120. The normalized spacial score (nSPS) is 15.2. The summed E-state index contributed by atoms with van der Waals surface area (Å²) in [6, 6.07) is 7.27. The number of carbonyl (C=O) groups is 1. The number of nitro benzene ring substituents is 1. The summed E-state index contributed by atoms with van der Waals surface area (Å²) >= 11 is 3.07. The summed E-state index contributed by atoms with van der Waals surface area (Å²) in [4.78, 5) is 29.0. The third-order valence-electron chi connectivity index (χ3n) is 4.92. The van der Waals surface area contributed by atoms with Gasteiger partial charge in [0.05, 0.1) is 17.0 Å². The molecule has 0 unspecified atom stereocenters. The summed E-state index contributed by atoms with van der Waals surface area (Å²) < 4.78 is 27.0. The van der Waals surface area contributed by atoms with Crippen molar-refractivity contribution >= 4 is 44.3 Å². The molecular formula is C19H18N4O5S3. The first-order valence-electron chi connectivity index (χ1n) is 9.34. The number of carbonyl (C=O) groups excluding carboxylic acids is 1. The Morgan fingerprint density at radius 2 is 1.87 bits per heavy atom. The molecule has 1 amide bonds. The molecule has 0 spiro atoms. The average Bonchev–Trinajstić information content (AvgIpc) is 3.46. The molecule has 31 heavy (non-hydrogen) atoms. The molecule has 1 aromatic carbocycles. The molecule has 3 heterocycles. The van der Waals surface area contributed by atoms with Crippen LogP contribution in [-0.2, 0) is 21.2 Å². The molecule has 1 fully saturated rings. The van der Waals surface area contributed by atoms with Gasteiger partial charge >= 0.3 is 0 Å². The Morgan fingerprint density at radius 1 is 1.13 bits per heavy atom. The van der Waals surface area contributed by atoms with E-state index >= 15 is 0 Å². The molecule has 0 saturated carbocycles. The van der Waals surface area contributed by atoms with Crippen LogP contribution in [0.15, 0.2) is 51.4 Å². The van der Waals surface area contributed by atoms with Gasteiger partial charge in [-0.3, -0.25) is 14.9 Å². The molecule has 0 atom stereocenters. The van der Waals surface area contributed by atoms with Crippen LogP contribution in [0.25, 0.3) is 10.6 Å². The molecule has 1 aliphatic heterocycles. The molecule has 1 saturated heterocycles. The highest BCUT2D eigenvalue weighted by Gasteiger charge is 2.34. The first kappa shape index (κ1) is 21.6. The van der Waals surface area contributed by atoms with Crippen LogP contribution in [0.5, 0.6) is 0 Å². The van der Waals surface area contributed by atoms with Crippen LogP contribution in [0, 0.1) is 10.1 Å². The molecule has 12 heteroatoms. The van der Waals surface area contributed by atoms with Crippen molar-refractivity contribution in [2.45, 2.75) is 11.3 Å². The fourth-order valence-electron chi connectivity index (χ4n) is 3.32. The van der Waals surface area contributed by atoms with E-state index in [9.17, 15) is 23.3 Å². The van der Waals surface area contributed by atoms with Crippen LogP contribution >= 0.6 is 22.7 Å². The smallest absolute Gasteiger partial charge is 0.289 e. The lowest BCUT2D eigenvalue weighted by Crippen LogP contribution is -2.50. The van der Waals surface area contributed by atoms with Gasteiger partial charge in [0.1, 0.15) is 5.01 Å². The van der Waals surface area contributed by atoms with Gasteiger partial charge in [-0.15, -0.1) is 11.3 Å². The minimum atomic E-state index is -4.02.